The number of alkyl carbamates (subject to hydrolysis) is 1. The first kappa shape index (κ1) is 29.7. The largest absolute Gasteiger partial charge is 0.444 e. The molecule has 0 saturated heterocycles. The van der Waals surface area contributed by atoms with Crippen LogP contribution in [0.4, 0.5) is 4.79 Å². The molecule has 0 saturated carbocycles. The van der Waals surface area contributed by atoms with Crippen molar-refractivity contribution in [3.63, 3.8) is 0 Å². The number of benzene rings is 1. The quantitative estimate of drug-likeness (QED) is 0.389. The van der Waals surface area contributed by atoms with Crippen molar-refractivity contribution in [2.24, 2.45) is 5.73 Å². The number of nitrogens with two attached hydrogens (primary N) is 1. The van der Waals surface area contributed by atoms with Gasteiger partial charge in [-0.15, -0.1) is 6.58 Å². The van der Waals surface area contributed by atoms with Crippen LogP contribution in [0.3, 0.4) is 0 Å². The van der Waals surface area contributed by atoms with Gasteiger partial charge in [-0.1, -0.05) is 49.2 Å². The predicted molar refractivity (Wildman–Crippen MR) is 135 cm³/mol. The standard InChI is InChI=1S/C26H40N4O5/c1-8-10-18(4)28-23(32)22(19-13-11-17(3)12-14-19)30(15-9-2)24(33)20(16-21(27)31)29-25(34)35-26(5,6)7/h9,11-14,18,20,22H,2,8,10,15-16H2,1,3-7H3,(H2,27,31)(H,28,32)(H,29,34). The van der Waals surface area contributed by atoms with E-state index in [1.54, 1.807) is 32.9 Å². The number of primary amides is 1. The first-order valence-corrected chi connectivity index (χ1v) is 11.8. The fourth-order valence-corrected chi connectivity index (χ4v) is 3.56. The van der Waals surface area contributed by atoms with Crippen molar-refractivity contribution in [3.8, 4) is 0 Å². The van der Waals surface area contributed by atoms with Gasteiger partial charge in [-0.2, -0.15) is 0 Å². The molecule has 9 heteroatoms. The topological polar surface area (TPSA) is 131 Å². The monoisotopic (exact) mass is 488 g/mol. The van der Waals surface area contributed by atoms with E-state index >= 15 is 0 Å². The van der Waals surface area contributed by atoms with E-state index in [4.69, 9.17) is 10.5 Å². The van der Waals surface area contributed by atoms with Gasteiger partial charge < -0.3 is 26.0 Å². The van der Waals surface area contributed by atoms with E-state index in [1.807, 2.05) is 32.9 Å². The van der Waals surface area contributed by atoms with Gasteiger partial charge in [0.05, 0.1) is 6.42 Å². The number of hydrogen-bond acceptors (Lipinski definition) is 5. The number of rotatable bonds is 12. The number of amides is 4. The highest BCUT2D eigenvalue weighted by Crippen LogP contribution is 2.24. The molecule has 0 aliphatic heterocycles. The summed E-state index contributed by atoms with van der Waals surface area (Å²) in [5.41, 5.74) is 6.13. The van der Waals surface area contributed by atoms with Crippen molar-refractivity contribution in [2.75, 3.05) is 6.54 Å². The number of nitrogens with one attached hydrogen (secondary N) is 2. The number of nitrogens with zero attached hydrogens (tertiary/aromatic N) is 1. The number of aryl methyl sites for hydroxylation is 1. The average molecular weight is 489 g/mol. The molecule has 3 atom stereocenters. The molecule has 0 aliphatic carbocycles. The molecule has 35 heavy (non-hydrogen) atoms. The molecule has 0 aromatic heterocycles. The normalized spacial score (nSPS) is 13.7. The van der Waals surface area contributed by atoms with Crippen LogP contribution < -0.4 is 16.4 Å². The molecule has 3 unspecified atom stereocenters. The van der Waals surface area contributed by atoms with Gasteiger partial charge in [-0.25, -0.2) is 4.79 Å². The van der Waals surface area contributed by atoms with Gasteiger partial charge in [-0.3, -0.25) is 14.4 Å². The second-order valence-corrected chi connectivity index (χ2v) is 9.66. The van der Waals surface area contributed by atoms with E-state index in [-0.39, 0.29) is 18.5 Å². The molecular weight excluding hydrogens is 448 g/mol. The van der Waals surface area contributed by atoms with Crippen LogP contribution in [0.25, 0.3) is 0 Å². The lowest BCUT2D eigenvalue weighted by Crippen LogP contribution is -2.54. The maximum atomic E-state index is 13.7. The van der Waals surface area contributed by atoms with Crippen molar-refractivity contribution >= 4 is 23.8 Å². The Morgan fingerprint density at radius 1 is 1.14 bits per heavy atom. The maximum absolute atomic E-state index is 13.7. The van der Waals surface area contributed by atoms with E-state index in [9.17, 15) is 19.2 Å². The summed E-state index contributed by atoms with van der Waals surface area (Å²) in [6, 6.07) is 4.80. The Morgan fingerprint density at radius 2 is 1.74 bits per heavy atom. The molecule has 194 valence electrons. The summed E-state index contributed by atoms with van der Waals surface area (Å²) in [7, 11) is 0. The Bertz CT molecular complexity index is 892. The SMILES string of the molecule is C=CCN(C(=O)C(CC(N)=O)NC(=O)OC(C)(C)C)C(C(=O)NC(C)CCC)c1ccc(C)cc1. The van der Waals surface area contributed by atoms with Gasteiger partial charge in [-0.05, 0) is 46.6 Å². The third kappa shape index (κ3) is 10.2. The first-order valence-electron chi connectivity index (χ1n) is 11.8. The summed E-state index contributed by atoms with van der Waals surface area (Å²) in [6.07, 6.45) is 1.80. The smallest absolute Gasteiger partial charge is 0.408 e. The van der Waals surface area contributed by atoms with Crippen LogP contribution >= 0.6 is 0 Å². The zero-order chi connectivity index (χ0) is 26.8. The molecule has 0 fully saturated rings. The lowest BCUT2D eigenvalue weighted by atomic mass is 10.00. The number of hydrogen-bond donors (Lipinski definition) is 3. The van der Waals surface area contributed by atoms with Crippen LogP contribution in [0.15, 0.2) is 36.9 Å². The van der Waals surface area contributed by atoms with Gasteiger partial charge in [0.25, 0.3) is 0 Å². The molecule has 0 radical (unpaired) electrons. The van der Waals surface area contributed by atoms with Gasteiger partial charge in [0.2, 0.25) is 17.7 Å². The fourth-order valence-electron chi connectivity index (χ4n) is 3.56. The van der Waals surface area contributed by atoms with E-state index in [2.05, 4.69) is 17.2 Å². The first-order chi connectivity index (χ1) is 16.3. The van der Waals surface area contributed by atoms with Crippen molar-refractivity contribution in [3.05, 3.63) is 48.0 Å². The lowest BCUT2D eigenvalue weighted by molar-refractivity contribution is -0.143. The predicted octanol–water partition coefficient (Wildman–Crippen LogP) is 3.12. The molecular formula is C26H40N4O5. The summed E-state index contributed by atoms with van der Waals surface area (Å²) >= 11 is 0. The van der Waals surface area contributed by atoms with Crippen LogP contribution in [-0.4, -0.2) is 52.9 Å². The number of ether oxygens (including phenoxy) is 1. The van der Waals surface area contributed by atoms with Gasteiger partial charge in [0.15, 0.2) is 0 Å². The molecule has 4 N–H and O–H groups in total. The minimum atomic E-state index is -1.32. The summed E-state index contributed by atoms with van der Waals surface area (Å²) in [5.74, 6) is -1.82. The molecule has 4 amide bonds. The van der Waals surface area contributed by atoms with Crippen LogP contribution in [0.5, 0.6) is 0 Å². The van der Waals surface area contributed by atoms with Crippen molar-refractivity contribution in [2.45, 2.75) is 84.5 Å². The van der Waals surface area contributed by atoms with Gasteiger partial charge in [0, 0.05) is 12.6 Å². The molecule has 1 aromatic rings. The van der Waals surface area contributed by atoms with Crippen molar-refractivity contribution < 1.29 is 23.9 Å². The Morgan fingerprint density at radius 3 is 2.23 bits per heavy atom. The van der Waals surface area contributed by atoms with Gasteiger partial charge >= 0.3 is 6.09 Å². The fraction of sp³-hybridized carbons (Fsp3) is 0.538. The van der Waals surface area contributed by atoms with E-state index in [0.717, 1.165) is 18.4 Å². The summed E-state index contributed by atoms with van der Waals surface area (Å²) < 4.78 is 5.25. The Labute approximate surface area is 208 Å². The molecule has 1 rings (SSSR count). The Hall–Kier alpha value is -3.36. The average Bonchev–Trinajstić information content (AvgIpc) is 2.72. The maximum Gasteiger partial charge on any atom is 0.408 e. The van der Waals surface area contributed by atoms with Crippen LogP contribution in [-0.2, 0) is 19.1 Å². The number of carbonyl (C=O) groups excluding carboxylic acids is 4. The number of carbonyl (C=O) groups is 4. The highest BCUT2D eigenvalue weighted by Gasteiger charge is 2.36. The van der Waals surface area contributed by atoms with Crippen LogP contribution in [0, 0.1) is 6.92 Å². The van der Waals surface area contributed by atoms with E-state index < -0.39 is 42.0 Å². The molecule has 0 bridgehead atoms. The summed E-state index contributed by atoms with van der Waals surface area (Å²) in [6.45, 7) is 14.6. The second-order valence-electron chi connectivity index (χ2n) is 9.66. The summed E-state index contributed by atoms with van der Waals surface area (Å²) in [4.78, 5) is 52.6. The zero-order valence-electron chi connectivity index (χ0n) is 21.7. The second kappa shape index (κ2) is 13.5. The van der Waals surface area contributed by atoms with Gasteiger partial charge in [0.1, 0.15) is 17.7 Å². The van der Waals surface area contributed by atoms with Crippen molar-refractivity contribution in [1.82, 2.24) is 15.5 Å². The lowest BCUT2D eigenvalue weighted by Gasteiger charge is -2.34. The molecule has 1 aromatic carbocycles. The summed E-state index contributed by atoms with van der Waals surface area (Å²) in [5, 5.41) is 5.41. The molecule has 0 spiro atoms. The zero-order valence-corrected chi connectivity index (χ0v) is 21.7. The third-order valence-corrected chi connectivity index (χ3v) is 5.07. The van der Waals surface area contributed by atoms with E-state index in [0.29, 0.717) is 5.56 Å². The molecule has 9 nitrogen and oxygen atoms in total. The highest BCUT2D eigenvalue weighted by atomic mass is 16.6. The van der Waals surface area contributed by atoms with Crippen molar-refractivity contribution in [1.29, 1.82) is 0 Å². The Kier molecular flexibility index (Phi) is 11.5. The molecule has 0 heterocycles. The van der Waals surface area contributed by atoms with Crippen LogP contribution in [0.2, 0.25) is 0 Å². The third-order valence-electron chi connectivity index (χ3n) is 5.07. The molecule has 0 aliphatic rings. The minimum absolute atomic E-state index is 0.00177. The van der Waals surface area contributed by atoms with E-state index in [1.165, 1.54) is 11.0 Å². The minimum Gasteiger partial charge on any atom is -0.444 e. The highest BCUT2D eigenvalue weighted by molar-refractivity contribution is 5.94. The van der Waals surface area contributed by atoms with Crippen LogP contribution in [0.1, 0.15) is 71.0 Å². The Balaban J connectivity index is 3.42.